The zero-order valence-corrected chi connectivity index (χ0v) is 15.8. The third kappa shape index (κ3) is 3.94. The van der Waals surface area contributed by atoms with Crippen molar-refractivity contribution in [1.82, 2.24) is 19.7 Å². The number of benzene rings is 1. The Morgan fingerprint density at radius 1 is 1.25 bits per heavy atom. The van der Waals surface area contributed by atoms with Crippen molar-refractivity contribution in [3.63, 3.8) is 0 Å². The van der Waals surface area contributed by atoms with E-state index >= 15 is 0 Å². The number of halogens is 3. The number of ether oxygens (including phenoxy) is 1. The summed E-state index contributed by atoms with van der Waals surface area (Å²) >= 11 is 0. The van der Waals surface area contributed by atoms with Crippen LogP contribution in [0, 0.1) is 6.92 Å². The van der Waals surface area contributed by atoms with Crippen molar-refractivity contribution in [3.8, 4) is 0 Å². The number of hydrogen-bond donors (Lipinski definition) is 1. The number of fused-ring (bicyclic) bond motifs is 1. The highest BCUT2D eigenvalue weighted by Gasteiger charge is 2.30. The lowest BCUT2D eigenvalue weighted by atomic mass is 10.1. The van der Waals surface area contributed by atoms with Gasteiger partial charge in [0.25, 0.3) is 5.56 Å². The fraction of sp³-hybridized carbons (Fsp3) is 0.421. The first-order valence-corrected chi connectivity index (χ1v) is 8.95. The van der Waals surface area contributed by atoms with E-state index in [1.54, 1.807) is 18.5 Å². The standard InChI is InChI=1S/C19H21F3N4O2/c1-4-28-10-9-15-23-17-16(18(27)24-15)11(2)25-26(17)12(3)13-5-7-14(8-6-13)19(20,21)22/h5-8,12H,4,9-10H2,1-3H3,(H,23,24,27). The van der Waals surface area contributed by atoms with Crippen molar-refractivity contribution in [2.45, 2.75) is 39.4 Å². The molecule has 0 aliphatic heterocycles. The lowest BCUT2D eigenvalue weighted by Crippen LogP contribution is -2.16. The summed E-state index contributed by atoms with van der Waals surface area (Å²) < 4.78 is 45.3. The summed E-state index contributed by atoms with van der Waals surface area (Å²) in [5.41, 5.74) is 0.548. The predicted molar refractivity (Wildman–Crippen MR) is 98.3 cm³/mol. The molecule has 0 spiro atoms. The third-order valence-electron chi connectivity index (χ3n) is 4.56. The van der Waals surface area contributed by atoms with Crippen molar-refractivity contribution in [3.05, 3.63) is 57.3 Å². The lowest BCUT2D eigenvalue weighted by Gasteiger charge is -2.15. The Kier molecular flexibility index (Phi) is 5.55. The van der Waals surface area contributed by atoms with Crippen LogP contribution >= 0.6 is 0 Å². The van der Waals surface area contributed by atoms with E-state index in [0.717, 1.165) is 12.1 Å². The molecule has 3 aromatic rings. The second-order valence-corrected chi connectivity index (χ2v) is 6.48. The molecule has 150 valence electrons. The number of nitrogens with zero attached hydrogens (tertiary/aromatic N) is 3. The number of aromatic amines is 1. The number of alkyl halides is 3. The fourth-order valence-corrected chi connectivity index (χ4v) is 3.05. The molecule has 28 heavy (non-hydrogen) atoms. The first-order valence-electron chi connectivity index (χ1n) is 8.95. The number of aromatic nitrogens is 4. The fourth-order valence-electron chi connectivity index (χ4n) is 3.05. The summed E-state index contributed by atoms with van der Waals surface area (Å²) in [6.07, 6.45) is -3.95. The van der Waals surface area contributed by atoms with Crippen LogP contribution in [0.4, 0.5) is 13.2 Å². The largest absolute Gasteiger partial charge is 0.416 e. The smallest absolute Gasteiger partial charge is 0.381 e. The zero-order valence-electron chi connectivity index (χ0n) is 15.8. The van der Waals surface area contributed by atoms with Crippen LogP contribution in [-0.4, -0.2) is 33.0 Å². The van der Waals surface area contributed by atoms with E-state index in [2.05, 4.69) is 15.1 Å². The zero-order chi connectivity index (χ0) is 20.5. The van der Waals surface area contributed by atoms with Gasteiger partial charge in [-0.3, -0.25) is 4.79 Å². The van der Waals surface area contributed by atoms with E-state index in [9.17, 15) is 18.0 Å². The molecule has 0 saturated heterocycles. The van der Waals surface area contributed by atoms with Crippen LogP contribution in [0.5, 0.6) is 0 Å². The summed E-state index contributed by atoms with van der Waals surface area (Å²) in [7, 11) is 0. The van der Waals surface area contributed by atoms with Gasteiger partial charge < -0.3 is 9.72 Å². The van der Waals surface area contributed by atoms with Crippen molar-refractivity contribution in [1.29, 1.82) is 0 Å². The molecular formula is C19H21F3N4O2. The van der Waals surface area contributed by atoms with Crippen LogP contribution < -0.4 is 5.56 Å². The number of rotatable bonds is 6. The molecule has 9 heteroatoms. The maximum atomic E-state index is 12.8. The van der Waals surface area contributed by atoms with E-state index in [4.69, 9.17) is 4.74 Å². The SMILES string of the molecule is CCOCCc1nc2c(c(C)nn2C(C)c2ccc(C(F)(F)F)cc2)c(=O)[nH]1. The van der Waals surface area contributed by atoms with Gasteiger partial charge in [-0.25, -0.2) is 9.67 Å². The van der Waals surface area contributed by atoms with Gasteiger partial charge >= 0.3 is 6.18 Å². The van der Waals surface area contributed by atoms with Gasteiger partial charge in [-0.2, -0.15) is 18.3 Å². The first-order chi connectivity index (χ1) is 13.2. The number of H-pyrrole nitrogens is 1. The molecule has 0 amide bonds. The van der Waals surface area contributed by atoms with Crippen LogP contribution in [0.25, 0.3) is 11.0 Å². The normalized spacial score (nSPS) is 13.2. The van der Waals surface area contributed by atoms with Crippen molar-refractivity contribution >= 4 is 11.0 Å². The van der Waals surface area contributed by atoms with Crippen LogP contribution in [0.3, 0.4) is 0 Å². The van der Waals surface area contributed by atoms with Gasteiger partial charge in [0.05, 0.1) is 23.9 Å². The Morgan fingerprint density at radius 2 is 1.93 bits per heavy atom. The average Bonchev–Trinajstić information content (AvgIpc) is 2.98. The summed E-state index contributed by atoms with van der Waals surface area (Å²) in [5.74, 6) is 0.478. The van der Waals surface area contributed by atoms with Gasteiger partial charge in [0, 0.05) is 13.0 Å². The second-order valence-electron chi connectivity index (χ2n) is 6.48. The average molecular weight is 394 g/mol. The maximum absolute atomic E-state index is 12.8. The predicted octanol–water partition coefficient (Wildman–Crippen LogP) is 3.64. The molecule has 0 saturated carbocycles. The van der Waals surface area contributed by atoms with Gasteiger partial charge in [-0.15, -0.1) is 0 Å². The molecular weight excluding hydrogens is 373 g/mol. The molecule has 0 aliphatic rings. The molecule has 1 N–H and O–H groups in total. The van der Waals surface area contributed by atoms with Crippen molar-refractivity contribution < 1.29 is 17.9 Å². The molecule has 0 aliphatic carbocycles. The number of aryl methyl sites for hydroxylation is 1. The molecule has 1 aromatic carbocycles. The highest BCUT2D eigenvalue weighted by Crippen LogP contribution is 2.31. The summed E-state index contributed by atoms with van der Waals surface area (Å²) in [4.78, 5) is 19.7. The van der Waals surface area contributed by atoms with Gasteiger partial charge in [-0.05, 0) is 38.5 Å². The first kappa shape index (κ1) is 20.1. The van der Waals surface area contributed by atoms with E-state index in [1.165, 1.54) is 12.1 Å². The molecule has 6 nitrogen and oxygen atoms in total. The Labute approximate surface area is 159 Å². The van der Waals surface area contributed by atoms with Crippen molar-refractivity contribution in [2.75, 3.05) is 13.2 Å². The van der Waals surface area contributed by atoms with Crippen LogP contribution in [0.15, 0.2) is 29.1 Å². The van der Waals surface area contributed by atoms with E-state index in [1.807, 2.05) is 6.92 Å². The number of nitrogens with one attached hydrogen (secondary N) is 1. The summed E-state index contributed by atoms with van der Waals surface area (Å²) in [6.45, 7) is 6.37. The van der Waals surface area contributed by atoms with Crippen molar-refractivity contribution in [2.24, 2.45) is 0 Å². The molecule has 2 aromatic heterocycles. The molecule has 3 rings (SSSR count). The highest BCUT2D eigenvalue weighted by molar-refractivity contribution is 5.77. The van der Waals surface area contributed by atoms with Gasteiger partial charge in [0.1, 0.15) is 11.2 Å². The molecule has 0 radical (unpaired) electrons. The minimum atomic E-state index is -4.39. The molecule has 0 fully saturated rings. The van der Waals surface area contributed by atoms with E-state index < -0.39 is 17.8 Å². The summed E-state index contributed by atoms with van der Waals surface area (Å²) in [6, 6.07) is 4.52. The van der Waals surface area contributed by atoms with E-state index in [-0.39, 0.29) is 5.56 Å². The second kappa shape index (κ2) is 7.75. The molecule has 0 bridgehead atoms. The van der Waals surface area contributed by atoms with Gasteiger partial charge in [0.2, 0.25) is 0 Å². The highest BCUT2D eigenvalue weighted by atomic mass is 19.4. The topological polar surface area (TPSA) is 72.8 Å². The molecule has 1 unspecified atom stereocenters. The number of hydrogen-bond acceptors (Lipinski definition) is 4. The summed E-state index contributed by atoms with van der Waals surface area (Å²) in [5, 5.41) is 4.79. The minimum Gasteiger partial charge on any atom is -0.381 e. The monoisotopic (exact) mass is 394 g/mol. The van der Waals surface area contributed by atoms with Gasteiger partial charge in [-0.1, -0.05) is 12.1 Å². The molecule has 2 heterocycles. The lowest BCUT2D eigenvalue weighted by molar-refractivity contribution is -0.137. The van der Waals surface area contributed by atoms with Gasteiger partial charge in [0.15, 0.2) is 5.65 Å². The third-order valence-corrected chi connectivity index (χ3v) is 4.56. The quantitative estimate of drug-likeness (QED) is 0.648. The van der Waals surface area contributed by atoms with E-state index in [0.29, 0.717) is 47.7 Å². The maximum Gasteiger partial charge on any atom is 0.416 e. The van der Waals surface area contributed by atoms with Crippen LogP contribution in [-0.2, 0) is 17.3 Å². The Morgan fingerprint density at radius 3 is 2.54 bits per heavy atom. The Bertz CT molecular complexity index is 1020. The van der Waals surface area contributed by atoms with Crippen LogP contribution in [0.2, 0.25) is 0 Å². The molecule has 1 atom stereocenters. The van der Waals surface area contributed by atoms with Crippen LogP contribution in [0.1, 0.15) is 42.5 Å². The Hall–Kier alpha value is -2.68. The Balaban J connectivity index is 2.00. The minimum absolute atomic E-state index is 0.292.